The minimum Gasteiger partial charge on any atom is -0.314 e. The van der Waals surface area contributed by atoms with Crippen LogP contribution in [0.2, 0.25) is 5.02 Å². The van der Waals surface area contributed by atoms with Gasteiger partial charge in [-0.15, -0.1) is 11.3 Å². The maximum Gasteiger partial charge on any atom is 0.0516 e. The van der Waals surface area contributed by atoms with E-state index < -0.39 is 0 Å². The van der Waals surface area contributed by atoms with E-state index in [0.29, 0.717) is 6.04 Å². The molecule has 1 aromatic heterocycles. The molecule has 1 aliphatic rings. The molecule has 0 saturated carbocycles. The van der Waals surface area contributed by atoms with Crippen LogP contribution in [0, 0.1) is 0 Å². The minimum atomic E-state index is 0.629. The van der Waals surface area contributed by atoms with E-state index in [4.69, 9.17) is 11.6 Å². The van der Waals surface area contributed by atoms with Crippen LogP contribution in [0.1, 0.15) is 11.8 Å². The highest BCUT2D eigenvalue weighted by Gasteiger charge is 2.18. The summed E-state index contributed by atoms with van der Waals surface area (Å²) in [5, 5.41) is 6.26. The minimum absolute atomic E-state index is 0.629. The van der Waals surface area contributed by atoms with Crippen LogP contribution in [-0.2, 0) is 6.54 Å². The standard InChI is InChI=1S/C10H15ClN2S/c1-8-5-12-2-3-13(8)6-10-4-9(11)7-14-10/h4,7-8,12H,2-3,5-6H2,1H3. The van der Waals surface area contributed by atoms with Crippen molar-refractivity contribution in [3.8, 4) is 0 Å². The summed E-state index contributed by atoms with van der Waals surface area (Å²) in [7, 11) is 0. The zero-order valence-electron chi connectivity index (χ0n) is 8.29. The van der Waals surface area contributed by atoms with Crippen LogP contribution in [0.25, 0.3) is 0 Å². The van der Waals surface area contributed by atoms with E-state index in [2.05, 4.69) is 23.2 Å². The average Bonchev–Trinajstić information content (AvgIpc) is 2.56. The van der Waals surface area contributed by atoms with Gasteiger partial charge in [0.1, 0.15) is 0 Å². The zero-order valence-corrected chi connectivity index (χ0v) is 9.87. The second kappa shape index (κ2) is 4.62. The number of piperazine rings is 1. The normalized spacial score (nSPS) is 24.0. The molecule has 2 nitrogen and oxygen atoms in total. The van der Waals surface area contributed by atoms with Gasteiger partial charge in [-0.25, -0.2) is 0 Å². The third-order valence-electron chi connectivity index (χ3n) is 2.62. The van der Waals surface area contributed by atoms with Gasteiger partial charge in [-0.05, 0) is 13.0 Å². The van der Waals surface area contributed by atoms with E-state index in [-0.39, 0.29) is 0 Å². The average molecular weight is 231 g/mol. The molecule has 1 aromatic rings. The molecular weight excluding hydrogens is 216 g/mol. The summed E-state index contributed by atoms with van der Waals surface area (Å²) in [6.45, 7) is 6.64. The third kappa shape index (κ3) is 2.48. The highest BCUT2D eigenvalue weighted by Crippen LogP contribution is 2.21. The van der Waals surface area contributed by atoms with Gasteiger partial charge in [0.15, 0.2) is 0 Å². The van der Waals surface area contributed by atoms with Crippen molar-refractivity contribution in [2.24, 2.45) is 0 Å². The van der Waals surface area contributed by atoms with Crippen molar-refractivity contribution in [3.63, 3.8) is 0 Å². The maximum atomic E-state index is 5.89. The Kier molecular flexibility index (Phi) is 3.44. The molecule has 1 fully saturated rings. The number of nitrogens with zero attached hydrogens (tertiary/aromatic N) is 1. The highest BCUT2D eigenvalue weighted by molar-refractivity contribution is 7.10. The van der Waals surface area contributed by atoms with Gasteiger partial charge in [0.2, 0.25) is 0 Å². The van der Waals surface area contributed by atoms with E-state index in [1.807, 2.05) is 5.38 Å². The second-order valence-electron chi connectivity index (χ2n) is 3.75. The Morgan fingerprint density at radius 1 is 1.71 bits per heavy atom. The molecule has 2 heterocycles. The molecule has 0 spiro atoms. The van der Waals surface area contributed by atoms with Crippen molar-refractivity contribution in [2.45, 2.75) is 19.5 Å². The third-order valence-corrected chi connectivity index (χ3v) is 3.89. The lowest BCUT2D eigenvalue weighted by atomic mass is 10.2. The number of thiophene rings is 1. The fraction of sp³-hybridized carbons (Fsp3) is 0.600. The van der Waals surface area contributed by atoms with Crippen LogP contribution in [0.3, 0.4) is 0 Å². The molecule has 0 aromatic carbocycles. The van der Waals surface area contributed by atoms with Gasteiger partial charge < -0.3 is 5.32 Å². The van der Waals surface area contributed by atoms with Gasteiger partial charge in [-0.2, -0.15) is 0 Å². The van der Waals surface area contributed by atoms with Gasteiger partial charge in [0.05, 0.1) is 5.02 Å². The largest absolute Gasteiger partial charge is 0.314 e. The van der Waals surface area contributed by atoms with Gasteiger partial charge in [-0.3, -0.25) is 4.90 Å². The molecule has 14 heavy (non-hydrogen) atoms. The Morgan fingerprint density at radius 2 is 2.57 bits per heavy atom. The zero-order chi connectivity index (χ0) is 9.97. The Balaban J connectivity index is 1.95. The van der Waals surface area contributed by atoms with Crippen molar-refractivity contribution >= 4 is 22.9 Å². The number of nitrogens with one attached hydrogen (secondary N) is 1. The van der Waals surface area contributed by atoms with Crippen LogP contribution in [0.4, 0.5) is 0 Å². The molecule has 78 valence electrons. The quantitative estimate of drug-likeness (QED) is 0.838. The summed E-state index contributed by atoms with van der Waals surface area (Å²) in [5.74, 6) is 0. The fourth-order valence-corrected chi connectivity index (χ4v) is 2.85. The Morgan fingerprint density at radius 3 is 3.21 bits per heavy atom. The molecule has 0 radical (unpaired) electrons. The van der Waals surface area contributed by atoms with Crippen LogP contribution in [-0.4, -0.2) is 30.6 Å². The van der Waals surface area contributed by atoms with Gasteiger partial charge in [0.25, 0.3) is 0 Å². The lowest BCUT2D eigenvalue weighted by Crippen LogP contribution is -2.49. The van der Waals surface area contributed by atoms with Gasteiger partial charge in [0, 0.05) is 42.5 Å². The predicted molar refractivity (Wildman–Crippen MR) is 62.1 cm³/mol. The van der Waals surface area contributed by atoms with Crippen molar-refractivity contribution < 1.29 is 0 Å². The van der Waals surface area contributed by atoms with Crippen molar-refractivity contribution in [2.75, 3.05) is 19.6 Å². The summed E-state index contributed by atoms with van der Waals surface area (Å²) in [4.78, 5) is 3.86. The van der Waals surface area contributed by atoms with Crippen molar-refractivity contribution in [1.29, 1.82) is 0 Å². The highest BCUT2D eigenvalue weighted by atomic mass is 35.5. The lowest BCUT2D eigenvalue weighted by molar-refractivity contribution is 0.167. The first-order valence-corrected chi connectivity index (χ1v) is 6.19. The number of halogens is 1. The molecule has 1 aliphatic heterocycles. The lowest BCUT2D eigenvalue weighted by Gasteiger charge is -2.33. The Hall–Kier alpha value is -0.0900. The first kappa shape index (κ1) is 10.4. The van der Waals surface area contributed by atoms with Crippen LogP contribution in [0.15, 0.2) is 11.4 Å². The number of rotatable bonds is 2. The molecule has 1 unspecified atom stereocenters. The van der Waals surface area contributed by atoms with Gasteiger partial charge in [-0.1, -0.05) is 11.6 Å². The summed E-state index contributed by atoms with van der Waals surface area (Å²) in [6.07, 6.45) is 0. The molecular formula is C10H15ClN2S. The molecule has 1 saturated heterocycles. The van der Waals surface area contributed by atoms with E-state index in [0.717, 1.165) is 31.2 Å². The summed E-state index contributed by atoms with van der Waals surface area (Å²) < 4.78 is 0. The maximum absolute atomic E-state index is 5.89. The summed E-state index contributed by atoms with van der Waals surface area (Å²) in [5.41, 5.74) is 0. The van der Waals surface area contributed by atoms with Crippen LogP contribution in [0.5, 0.6) is 0 Å². The van der Waals surface area contributed by atoms with E-state index in [1.54, 1.807) is 11.3 Å². The first-order valence-electron chi connectivity index (χ1n) is 4.93. The summed E-state index contributed by atoms with van der Waals surface area (Å²) in [6, 6.07) is 2.70. The molecule has 0 aliphatic carbocycles. The fourth-order valence-electron chi connectivity index (χ4n) is 1.75. The van der Waals surface area contributed by atoms with Crippen molar-refractivity contribution in [1.82, 2.24) is 10.2 Å². The molecule has 0 amide bonds. The van der Waals surface area contributed by atoms with Crippen LogP contribution >= 0.6 is 22.9 Å². The second-order valence-corrected chi connectivity index (χ2v) is 5.19. The molecule has 1 N–H and O–H groups in total. The first-order chi connectivity index (χ1) is 6.75. The molecule has 1 atom stereocenters. The Labute approximate surface area is 93.9 Å². The monoisotopic (exact) mass is 230 g/mol. The van der Waals surface area contributed by atoms with E-state index in [1.165, 1.54) is 4.88 Å². The molecule has 0 bridgehead atoms. The predicted octanol–water partition coefficient (Wildman–Crippen LogP) is 2.20. The molecule has 2 rings (SSSR count). The topological polar surface area (TPSA) is 15.3 Å². The SMILES string of the molecule is CC1CNCCN1Cc1cc(Cl)cs1. The Bertz CT molecular complexity index is 300. The number of hydrogen-bond acceptors (Lipinski definition) is 3. The molecule has 4 heteroatoms. The van der Waals surface area contributed by atoms with E-state index >= 15 is 0 Å². The summed E-state index contributed by atoms with van der Waals surface area (Å²) >= 11 is 7.65. The number of hydrogen-bond donors (Lipinski definition) is 1. The van der Waals surface area contributed by atoms with Crippen molar-refractivity contribution in [3.05, 3.63) is 21.3 Å². The van der Waals surface area contributed by atoms with E-state index in [9.17, 15) is 0 Å². The van der Waals surface area contributed by atoms with Gasteiger partial charge >= 0.3 is 0 Å². The van der Waals surface area contributed by atoms with Crippen LogP contribution < -0.4 is 5.32 Å². The smallest absolute Gasteiger partial charge is 0.0516 e.